The third kappa shape index (κ3) is 2.90. The average molecular weight is 250 g/mol. The fourth-order valence-corrected chi connectivity index (χ4v) is 2.51. The van der Waals surface area contributed by atoms with Crippen LogP contribution >= 0.6 is 0 Å². The highest BCUT2D eigenvalue weighted by Gasteiger charge is 2.34. The van der Waals surface area contributed by atoms with Crippen molar-refractivity contribution < 1.29 is 4.79 Å². The van der Waals surface area contributed by atoms with Gasteiger partial charge in [-0.1, -0.05) is 19.3 Å². The summed E-state index contributed by atoms with van der Waals surface area (Å²) in [6.45, 7) is 0.600. The maximum atomic E-state index is 12.1. The van der Waals surface area contributed by atoms with Gasteiger partial charge in [0.05, 0.1) is 5.54 Å². The lowest BCUT2D eigenvalue weighted by Gasteiger charge is -2.31. The molecule has 0 radical (unpaired) electrons. The van der Waals surface area contributed by atoms with E-state index in [1.807, 2.05) is 17.8 Å². The number of amides is 1. The summed E-state index contributed by atoms with van der Waals surface area (Å²) in [4.78, 5) is 16.3. The van der Waals surface area contributed by atoms with Crippen molar-refractivity contribution in [2.45, 2.75) is 44.1 Å². The topological polar surface area (TPSA) is 72.9 Å². The molecular weight excluding hydrogens is 228 g/mol. The summed E-state index contributed by atoms with van der Waals surface area (Å²) in [5, 5.41) is 2.94. The Kier molecular flexibility index (Phi) is 4.01. The number of hydrogen-bond donors (Lipinski definition) is 2. The lowest BCUT2D eigenvalue weighted by atomic mass is 9.82. The van der Waals surface area contributed by atoms with Crippen LogP contribution in [0.25, 0.3) is 0 Å². The zero-order valence-corrected chi connectivity index (χ0v) is 11.0. The van der Waals surface area contributed by atoms with Crippen molar-refractivity contribution in [3.63, 3.8) is 0 Å². The number of aromatic nitrogens is 2. The Bertz CT molecular complexity index is 407. The molecule has 1 fully saturated rings. The van der Waals surface area contributed by atoms with Gasteiger partial charge in [-0.05, 0) is 12.8 Å². The van der Waals surface area contributed by atoms with Crippen LogP contribution in [-0.4, -0.2) is 27.5 Å². The number of imidazole rings is 1. The van der Waals surface area contributed by atoms with E-state index in [0.717, 1.165) is 37.9 Å². The van der Waals surface area contributed by atoms with E-state index in [-0.39, 0.29) is 5.91 Å². The fraction of sp³-hybridized carbons (Fsp3) is 0.692. The molecule has 5 nitrogen and oxygen atoms in total. The molecule has 1 amide bonds. The van der Waals surface area contributed by atoms with E-state index in [0.29, 0.717) is 6.54 Å². The van der Waals surface area contributed by atoms with Crippen molar-refractivity contribution >= 4 is 5.91 Å². The quantitative estimate of drug-likeness (QED) is 0.828. The Balaban J connectivity index is 1.79. The van der Waals surface area contributed by atoms with Crippen molar-refractivity contribution in [2.75, 3.05) is 6.54 Å². The van der Waals surface area contributed by atoms with Crippen molar-refractivity contribution in [3.8, 4) is 0 Å². The molecule has 0 spiro atoms. The minimum absolute atomic E-state index is 0.00332. The van der Waals surface area contributed by atoms with Crippen LogP contribution < -0.4 is 11.1 Å². The number of nitrogens with two attached hydrogens (primary N) is 1. The molecule has 0 bridgehead atoms. The smallest absolute Gasteiger partial charge is 0.240 e. The molecule has 1 aromatic rings. The largest absolute Gasteiger partial charge is 0.354 e. The van der Waals surface area contributed by atoms with E-state index in [1.165, 1.54) is 6.42 Å². The van der Waals surface area contributed by atoms with E-state index < -0.39 is 5.54 Å². The van der Waals surface area contributed by atoms with E-state index in [9.17, 15) is 4.79 Å². The first-order chi connectivity index (χ1) is 8.62. The van der Waals surface area contributed by atoms with Gasteiger partial charge in [-0.25, -0.2) is 4.98 Å². The first-order valence-corrected chi connectivity index (χ1v) is 6.65. The van der Waals surface area contributed by atoms with Gasteiger partial charge in [0.1, 0.15) is 5.82 Å². The molecular formula is C13H22N4O. The van der Waals surface area contributed by atoms with Crippen molar-refractivity contribution in [1.29, 1.82) is 0 Å². The number of carbonyl (C=O) groups is 1. The Morgan fingerprint density at radius 2 is 2.22 bits per heavy atom. The van der Waals surface area contributed by atoms with Crippen molar-refractivity contribution in [3.05, 3.63) is 18.2 Å². The first kappa shape index (κ1) is 13.1. The third-order valence-corrected chi connectivity index (χ3v) is 3.75. The molecule has 0 saturated heterocycles. The highest BCUT2D eigenvalue weighted by Crippen LogP contribution is 2.25. The standard InChI is InChI=1S/C13H22N4O/c1-17-10-9-15-11(17)5-8-16-12(18)13(14)6-3-2-4-7-13/h9-10H,2-8,14H2,1H3,(H,16,18). The summed E-state index contributed by atoms with van der Waals surface area (Å²) in [6.07, 6.45) is 9.34. The molecule has 100 valence electrons. The van der Waals surface area contributed by atoms with Crippen LogP contribution in [0.1, 0.15) is 37.9 Å². The summed E-state index contributed by atoms with van der Waals surface area (Å²) in [5.41, 5.74) is 5.52. The molecule has 1 aliphatic carbocycles. The maximum Gasteiger partial charge on any atom is 0.240 e. The van der Waals surface area contributed by atoms with Gasteiger partial charge in [-0.15, -0.1) is 0 Å². The van der Waals surface area contributed by atoms with Crippen LogP contribution in [0.5, 0.6) is 0 Å². The minimum atomic E-state index is -0.639. The number of carbonyl (C=O) groups excluding carboxylic acids is 1. The SMILES string of the molecule is Cn1ccnc1CCNC(=O)C1(N)CCCCC1. The molecule has 1 heterocycles. The number of hydrogen-bond acceptors (Lipinski definition) is 3. The second-order valence-corrected chi connectivity index (χ2v) is 5.18. The predicted octanol–water partition coefficient (Wildman–Crippen LogP) is 0.740. The summed E-state index contributed by atoms with van der Waals surface area (Å²) >= 11 is 0. The van der Waals surface area contributed by atoms with Crippen molar-refractivity contribution in [1.82, 2.24) is 14.9 Å². The molecule has 0 aliphatic heterocycles. The predicted molar refractivity (Wildman–Crippen MR) is 69.9 cm³/mol. The van der Waals surface area contributed by atoms with Gasteiger partial charge >= 0.3 is 0 Å². The zero-order chi connectivity index (χ0) is 13.0. The Morgan fingerprint density at radius 3 is 2.83 bits per heavy atom. The van der Waals surface area contributed by atoms with Gasteiger partial charge in [0, 0.05) is 32.4 Å². The average Bonchev–Trinajstić information content (AvgIpc) is 2.76. The van der Waals surface area contributed by atoms with E-state index in [4.69, 9.17) is 5.73 Å². The zero-order valence-electron chi connectivity index (χ0n) is 11.0. The minimum Gasteiger partial charge on any atom is -0.354 e. The number of rotatable bonds is 4. The van der Waals surface area contributed by atoms with E-state index in [1.54, 1.807) is 6.20 Å². The Labute approximate surface area is 108 Å². The molecule has 0 aromatic carbocycles. The van der Waals surface area contributed by atoms with Gasteiger partial charge in [0.2, 0.25) is 5.91 Å². The molecule has 1 aromatic heterocycles. The summed E-state index contributed by atoms with van der Waals surface area (Å²) < 4.78 is 1.96. The second kappa shape index (κ2) is 5.52. The Hall–Kier alpha value is -1.36. The third-order valence-electron chi connectivity index (χ3n) is 3.75. The first-order valence-electron chi connectivity index (χ1n) is 6.65. The molecule has 5 heteroatoms. The lowest BCUT2D eigenvalue weighted by molar-refractivity contribution is -0.127. The van der Waals surface area contributed by atoms with Crippen LogP contribution in [0.4, 0.5) is 0 Å². The van der Waals surface area contributed by atoms with Gasteiger partial charge in [0.15, 0.2) is 0 Å². The molecule has 0 atom stereocenters. The molecule has 3 N–H and O–H groups in total. The number of nitrogens with zero attached hydrogens (tertiary/aromatic N) is 2. The number of aryl methyl sites for hydroxylation is 1. The fourth-order valence-electron chi connectivity index (χ4n) is 2.51. The lowest BCUT2D eigenvalue weighted by Crippen LogP contribution is -2.55. The summed E-state index contributed by atoms with van der Waals surface area (Å²) in [7, 11) is 1.95. The van der Waals surface area contributed by atoms with Crippen LogP contribution in [0.15, 0.2) is 12.4 Å². The molecule has 2 rings (SSSR count). The molecule has 0 unspecified atom stereocenters. The van der Waals surface area contributed by atoms with Crippen LogP contribution in [-0.2, 0) is 18.3 Å². The molecule has 1 aliphatic rings. The van der Waals surface area contributed by atoms with Gasteiger partial charge < -0.3 is 15.6 Å². The highest BCUT2D eigenvalue weighted by atomic mass is 16.2. The van der Waals surface area contributed by atoms with Crippen molar-refractivity contribution in [2.24, 2.45) is 12.8 Å². The van der Waals surface area contributed by atoms with E-state index in [2.05, 4.69) is 10.3 Å². The molecule has 18 heavy (non-hydrogen) atoms. The number of nitrogens with one attached hydrogen (secondary N) is 1. The van der Waals surface area contributed by atoms with Crippen LogP contribution in [0, 0.1) is 0 Å². The Morgan fingerprint density at radius 1 is 1.50 bits per heavy atom. The van der Waals surface area contributed by atoms with Gasteiger partial charge in [0.25, 0.3) is 0 Å². The van der Waals surface area contributed by atoms with E-state index >= 15 is 0 Å². The van der Waals surface area contributed by atoms with Crippen LogP contribution in [0.3, 0.4) is 0 Å². The molecule has 1 saturated carbocycles. The maximum absolute atomic E-state index is 12.1. The highest BCUT2D eigenvalue weighted by molar-refractivity contribution is 5.86. The summed E-state index contributed by atoms with van der Waals surface area (Å²) in [6, 6.07) is 0. The normalized spacial score (nSPS) is 18.6. The van der Waals surface area contributed by atoms with Gasteiger partial charge in [-0.3, -0.25) is 4.79 Å². The van der Waals surface area contributed by atoms with Gasteiger partial charge in [-0.2, -0.15) is 0 Å². The second-order valence-electron chi connectivity index (χ2n) is 5.18. The monoisotopic (exact) mass is 250 g/mol. The van der Waals surface area contributed by atoms with Crippen LogP contribution in [0.2, 0.25) is 0 Å². The summed E-state index contributed by atoms with van der Waals surface area (Å²) in [5.74, 6) is 0.974.